The van der Waals surface area contributed by atoms with Gasteiger partial charge in [0, 0.05) is 23.6 Å². The van der Waals surface area contributed by atoms with E-state index in [1.54, 1.807) is 36.0 Å². The molecule has 1 atom stereocenters. The minimum atomic E-state index is -0.812. The van der Waals surface area contributed by atoms with Gasteiger partial charge in [0.05, 0.1) is 11.1 Å². The van der Waals surface area contributed by atoms with Crippen LogP contribution < -0.4 is 5.32 Å². The first kappa shape index (κ1) is 20.2. The highest BCUT2D eigenvalue weighted by Crippen LogP contribution is 2.26. The average Bonchev–Trinajstić information content (AvgIpc) is 3.29. The number of fused-ring (bicyclic) bond motifs is 2. The summed E-state index contributed by atoms with van der Waals surface area (Å²) in [7, 11) is 0. The minimum Gasteiger partial charge on any atom is -0.361 e. The fourth-order valence-corrected chi connectivity index (χ4v) is 4.33. The number of carbonyl (C=O) groups is 3. The standard InChI is InChI=1S/C23H23N3O3S/c1-30-13-11-20(26-22(28)17-7-2-3-8-18(17)23(26)29)21(27)24-12-10-15-14-25-19-9-5-4-6-16(15)19/h2-9,14,20,25H,10-13H2,1H3,(H,24,27). The average molecular weight is 422 g/mol. The number of hydrogen-bond donors (Lipinski definition) is 2. The second-order valence-corrected chi connectivity index (χ2v) is 8.21. The zero-order chi connectivity index (χ0) is 21.1. The molecule has 2 aromatic carbocycles. The predicted molar refractivity (Wildman–Crippen MR) is 119 cm³/mol. The van der Waals surface area contributed by atoms with E-state index in [0.29, 0.717) is 36.3 Å². The Morgan fingerprint density at radius 1 is 1.07 bits per heavy atom. The fourth-order valence-electron chi connectivity index (χ4n) is 3.87. The van der Waals surface area contributed by atoms with Crippen LogP contribution in [0.25, 0.3) is 10.9 Å². The number of aromatic amines is 1. The zero-order valence-corrected chi connectivity index (χ0v) is 17.5. The molecule has 1 aromatic heterocycles. The van der Waals surface area contributed by atoms with E-state index in [0.717, 1.165) is 21.4 Å². The van der Waals surface area contributed by atoms with Gasteiger partial charge in [-0.2, -0.15) is 11.8 Å². The van der Waals surface area contributed by atoms with Crippen LogP contribution in [-0.4, -0.2) is 52.2 Å². The number of amides is 3. The molecule has 0 bridgehead atoms. The third-order valence-electron chi connectivity index (χ3n) is 5.40. The van der Waals surface area contributed by atoms with Gasteiger partial charge in [0.15, 0.2) is 0 Å². The Labute approximate surface area is 179 Å². The zero-order valence-electron chi connectivity index (χ0n) is 16.7. The summed E-state index contributed by atoms with van der Waals surface area (Å²) >= 11 is 1.58. The summed E-state index contributed by atoms with van der Waals surface area (Å²) in [4.78, 5) is 43.0. The number of rotatable bonds is 8. The van der Waals surface area contributed by atoms with E-state index < -0.39 is 17.9 Å². The summed E-state index contributed by atoms with van der Waals surface area (Å²) in [6.45, 7) is 0.430. The fraction of sp³-hybridized carbons (Fsp3) is 0.261. The maximum atomic E-state index is 13.0. The molecule has 1 unspecified atom stereocenters. The maximum absolute atomic E-state index is 13.0. The molecule has 1 aliphatic rings. The Kier molecular flexibility index (Phi) is 5.90. The molecule has 6 nitrogen and oxygen atoms in total. The number of hydrogen-bond acceptors (Lipinski definition) is 4. The third kappa shape index (κ3) is 3.73. The summed E-state index contributed by atoms with van der Waals surface area (Å²) in [5.41, 5.74) is 2.90. The van der Waals surface area contributed by atoms with Gasteiger partial charge in [-0.1, -0.05) is 30.3 Å². The molecule has 3 amide bonds. The van der Waals surface area contributed by atoms with Crippen molar-refractivity contribution in [2.45, 2.75) is 18.9 Å². The smallest absolute Gasteiger partial charge is 0.262 e. The largest absolute Gasteiger partial charge is 0.361 e. The molecule has 0 radical (unpaired) electrons. The molecule has 7 heteroatoms. The van der Waals surface area contributed by atoms with Crippen molar-refractivity contribution >= 4 is 40.4 Å². The minimum absolute atomic E-state index is 0.293. The molecule has 0 saturated heterocycles. The Morgan fingerprint density at radius 3 is 2.43 bits per heavy atom. The van der Waals surface area contributed by atoms with Gasteiger partial charge in [-0.3, -0.25) is 19.3 Å². The van der Waals surface area contributed by atoms with Crippen molar-refractivity contribution in [3.8, 4) is 0 Å². The van der Waals surface area contributed by atoms with Crippen molar-refractivity contribution in [2.75, 3.05) is 18.6 Å². The van der Waals surface area contributed by atoms with E-state index in [2.05, 4.69) is 10.3 Å². The molecule has 2 heterocycles. The van der Waals surface area contributed by atoms with Crippen LogP contribution in [0.4, 0.5) is 0 Å². The lowest BCUT2D eigenvalue weighted by Crippen LogP contribution is -2.50. The Hall–Kier alpha value is -3.06. The highest BCUT2D eigenvalue weighted by molar-refractivity contribution is 7.98. The van der Waals surface area contributed by atoms with Crippen LogP contribution in [0.5, 0.6) is 0 Å². The number of nitrogens with one attached hydrogen (secondary N) is 2. The van der Waals surface area contributed by atoms with Crippen molar-refractivity contribution in [1.29, 1.82) is 0 Å². The van der Waals surface area contributed by atoms with E-state index in [4.69, 9.17) is 0 Å². The van der Waals surface area contributed by atoms with Gasteiger partial charge in [-0.25, -0.2) is 0 Å². The first-order valence-corrected chi connectivity index (χ1v) is 11.3. The number of nitrogens with zero attached hydrogens (tertiary/aromatic N) is 1. The van der Waals surface area contributed by atoms with Crippen LogP contribution in [0, 0.1) is 0 Å². The van der Waals surface area contributed by atoms with Gasteiger partial charge >= 0.3 is 0 Å². The van der Waals surface area contributed by atoms with E-state index >= 15 is 0 Å². The molecule has 1 aliphatic heterocycles. The lowest BCUT2D eigenvalue weighted by Gasteiger charge is -2.25. The van der Waals surface area contributed by atoms with Gasteiger partial charge in [-0.15, -0.1) is 0 Å². The third-order valence-corrected chi connectivity index (χ3v) is 6.05. The normalized spacial score (nSPS) is 14.2. The molecule has 0 saturated carbocycles. The van der Waals surface area contributed by atoms with Crippen LogP contribution >= 0.6 is 11.8 Å². The Morgan fingerprint density at radius 2 is 1.73 bits per heavy atom. The highest BCUT2D eigenvalue weighted by Gasteiger charge is 2.42. The maximum Gasteiger partial charge on any atom is 0.262 e. The number of benzene rings is 2. The second-order valence-electron chi connectivity index (χ2n) is 7.22. The topological polar surface area (TPSA) is 82.3 Å². The van der Waals surface area contributed by atoms with Gasteiger partial charge in [-0.05, 0) is 48.6 Å². The first-order chi connectivity index (χ1) is 14.6. The summed E-state index contributed by atoms with van der Waals surface area (Å²) in [5.74, 6) is -0.408. The molecule has 3 aromatic rings. The molecule has 0 aliphatic carbocycles. The van der Waals surface area contributed by atoms with Crippen LogP contribution in [0.2, 0.25) is 0 Å². The van der Waals surface area contributed by atoms with Crippen molar-refractivity contribution in [3.05, 3.63) is 71.4 Å². The van der Waals surface area contributed by atoms with Gasteiger partial charge in [0.1, 0.15) is 6.04 Å². The molecule has 0 fully saturated rings. The van der Waals surface area contributed by atoms with E-state index in [-0.39, 0.29) is 5.91 Å². The number of imide groups is 1. The van der Waals surface area contributed by atoms with Crippen LogP contribution in [0.3, 0.4) is 0 Å². The molecule has 4 rings (SSSR count). The van der Waals surface area contributed by atoms with Crippen molar-refractivity contribution < 1.29 is 14.4 Å². The molecule has 154 valence electrons. The van der Waals surface area contributed by atoms with Crippen molar-refractivity contribution in [2.24, 2.45) is 0 Å². The van der Waals surface area contributed by atoms with Crippen molar-refractivity contribution in [1.82, 2.24) is 15.2 Å². The first-order valence-electron chi connectivity index (χ1n) is 9.90. The summed E-state index contributed by atoms with van der Waals surface area (Å²) in [6, 6.07) is 13.9. The number of H-pyrrole nitrogens is 1. The summed E-state index contributed by atoms with van der Waals surface area (Å²) < 4.78 is 0. The number of thioether (sulfide) groups is 1. The molecule has 0 spiro atoms. The Bertz CT molecular complexity index is 1070. The van der Waals surface area contributed by atoms with Crippen LogP contribution in [0.15, 0.2) is 54.7 Å². The SMILES string of the molecule is CSCCC(C(=O)NCCc1c[nH]c2ccccc12)N1C(=O)c2ccccc2C1=O. The Balaban J connectivity index is 1.46. The van der Waals surface area contributed by atoms with Gasteiger partial charge < -0.3 is 10.3 Å². The van der Waals surface area contributed by atoms with Crippen LogP contribution in [0.1, 0.15) is 32.7 Å². The quantitative estimate of drug-likeness (QED) is 0.547. The van der Waals surface area contributed by atoms with E-state index in [1.807, 2.05) is 36.7 Å². The van der Waals surface area contributed by atoms with E-state index in [9.17, 15) is 14.4 Å². The highest BCUT2D eigenvalue weighted by atomic mass is 32.2. The van der Waals surface area contributed by atoms with Crippen LogP contribution in [-0.2, 0) is 11.2 Å². The predicted octanol–water partition coefficient (Wildman–Crippen LogP) is 3.24. The number of para-hydroxylation sites is 1. The molecular weight excluding hydrogens is 398 g/mol. The second kappa shape index (κ2) is 8.75. The lowest BCUT2D eigenvalue weighted by molar-refractivity contribution is -0.125. The van der Waals surface area contributed by atoms with Gasteiger partial charge in [0.2, 0.25) is 5.91 Å². The summed E-state index contributed by atoms with van der Waals surface area (Å²) in [5, 5.41) is 4.06. The molecule has 2 N–H and O–H groups in total. The van der Waals surface area contributed by atoms with E-state index in [1.165, 1.54) is 0 Å². The molecule has 30 heavy (non-hydrogen) atoms. The molecular formula is C23H23N3O3S. The monoisotopic (exact) mass is 421 g/mol. The van der Waals surface area contributed by atoms with Crippen molar-refractivity contribution in [3.63, 3.8) is 0 Å². The summed E-state index contributed by atoms with van der Waals surface area (Å²) in [6.07, 6.45) is 4.97. The lowest BCUT2D eigenvalue weighted by atomic mass is 10.1. The van der Waals surface area contributed by atoms with Gasteiger partial charge in [0.25, 0.3) is 11.8 Å². The number of carbonyl (C=O) groups excluding carboxylic acids is 3. The number of aromatic nitrogens is 1.